The maximum absolute atomic E-state index is 12.0. The summed E-state index contributed by atoms with van der Waals surface area (Å²) in [4.78, 5) is 3.07. The number of hydrogen-bond donors (Lipinski definition) is 3. The third-order valence-electron chi connectivity index (χ3n) is 2.17. The molecule has 7 heteroatoms. The van der Waals surface area contributed by atoms with Crippen molar-refractivity contribution in [2.75, 3.05) is 11.5 Å². The van der Waals surface area contributed by atoms with Crippen LogP contribution in [-0.2, 0) is 16.6 Å². The van der Waals surface area contributed by atoms with Crippen LogP contribution >= 0.6 is 11.8 Å². The van der Waals surface area contributed by atoms with E-state index in [1.54, 1.807) is 17.8 Å². The first kappa shape index (κ1) is 14.6. The highest BCUT2D eigenvalue weighted by Crippen LogP contribution is 2.12. The topological polar surface area (TPSA) is 88.0 Å². The summed E-state index contributed by atoms with van der Waals surface area (Å²) in [5.41, 5.74) is 6.13. The van der Waals surface area contributed by atoms with E-state index in [-0.39, 0.29) is 10.9 Å². The van der Waals surface area contributed by atoms with Crippen LogP contribution in [0.5, 0.6) is 0 Å². The molecule has 0 aromatic carbocycles. The number of aromatic nitrogens is 1. The van der Waals surface area contributed by atoms with Crippen LogP contribution in [0.2, 0.25) is 0 Å². The fraction of sp³-hybridized carbons (Fsp3) is 0.600. The monoisotopic (exact) mass is 277 g/mol. The minimum Gasteiger partial charge on any atom is -0.363 e. The number of H-pyrrole nitrogens is 1. The van der Waals surface area contributed by atoms with Crippen molar-refractivity contribution < 1.29 is 8.42 Å². The molecule has 0 aliphatic carbocycles. The highest BCUT2D eigenvalue weighted by atomic mass is 32.2. The van der Waals surface area contributed by atoms with Crippen LogP contribution in [0.3, 0.4) is 0 Å². The highest BCUT2D eigenvalue weighted by Gasteiger charge is 2.18. The minimum absolute atomic E-state index is 0.0822. The number of sulfonamides is 1. The van der Waals surface area contributed by atoms with E-state index in [9.17, 15) is 8.42 Å². The molecule has 0 fully saturated rings. The summed E-state index contributed by atoms with van der Waals surface area (Å²) in [7, 11) is -3.43. The predicted molar refractivity (Wildman–Crippen MR) is 71.5 cm³/mol. The molecule has 1 unspecified atom stereocenters. The molecule has 1 rings (SSSR count). The van der Waals surface area contributed by atoms with Gasteiger partial charge in [0.25, 0.3) is 0 Å². The van der Waals surface area contributed by atoms with Crippen LogP contribution in [0, 0.1) is 0 Å². The van der Waals surface area contributed by atoms with Crippen molar-refractivity contribution in [3.8, 4) is 0 Å². The molecule has 0 aliphatic heterocycles. The Morgan fingerprint density at radius 1 is 1.59 bits per heavy atom. The quantitative estimate of drug-likeness (QED) is 0.691. The normalized spacial score (nSPS) is 13.8. The number of rotatable bonds is 7. The SMILES string of the molecule is CCSCC(C)NS(=O)(=O)c1c[nH]c(CN)c1. The van der Waals surface area contributed by atoms with Gasteiger partial charge in [-0.15, -0.1) is 0 Å². The van der Waals surface area contributed by atoms with Gasteiger partial charge in [-0.05, 0) is 18.7 Å². The largest absolute Gasteiger partial charge is 0.363 e. The van der Waals surface area contributed by atoms with Gasteiger partial charge in [0, 0.05) is 30.2 Å². The van der Waals surface area contributed by atoms with E-state index in [1.807, 2.05) is 13.8 Å². The molecular weight excluding hydrogens is 258 g/mol. The second kappa shape index (κ2) is 6.44. The van der Waals surface area contributed by atoms with Crippen molar-refractivity contribution in [1.29, 1.82) is 0 Å². The molecule has 1 atom stereocenters. The second-order valence-corrected chi connectivity index (χ2v) is 6.78. The lowest BCUT2D eigenvalue weighted by Gasteiger charge is -2.12. The second-order valence-electron chi connectivity index (χ2n) is 3.75. The molecule has 0 saturated heterocycles. The molecule has 0 saturated carbocycles. The molecule has 1 aromatic heterocycles. The van der Waals surface area contributed by atoms with E-state index < -0.39 is 10.0 Å². The molecule has 1 heterocycles. The predicted octanol–water partition coefficient (Wildman–Crippen LogP) is 0.893. The Kier molecular flexibility index (Phi) is 5.51. The van der Waals surface area contributed by atoms with Crippen molar-refractivity contribution in [1.82, 2.24) is 9.71 Å². The van der Waals surface area contributed by atoms with E-state index >= 15 is 0 Å². The fourth-order valence-corrected chi connectivity index (χ4v) is 3.39. The highest BCUT2D eigenvalue weighted by molar-refractivity contribution is 7.99. The third kappa shape index (κ3) is 4.34. The summed E-state index contributed by atoms with van der Waals surface area (Å²) >= 11 is 1.71. The molecule has 0 radical (unpaired) electrons. The lowest BCUT2D eigenvalue weighted by molar-refractivity contribution is 0.571. The first-order valence-electron chi connectivity index (χ1n) is 5.47. The maximum Gasteiger partial charge on any atom is 0.242 e. The van der Waals surface area contributed by atoms with Crippen LogP contribution in [0.4, 0.5) is 0 Å². The molecule has 17 heavy (non-hydrogen) atoms. The first-order chi connectivity index (χ1) is 7.99. The van der Waals surface area contributed by atoms with Crippen LogP contribution < -0.4 is 10.5 Å². The van der Waals surface area contributed by atoms with Gasteiger partial charge in [-0.25, -0.2) is 13.1 Å². The van der Waals surface area contributed by atoms with E-state index in [0.29, 0.717) is 12.2 Å². The molecule has 98 valence electrons. The Hall–Kier alpha value is -0.500. The van der Waals surface area contributed by atoms with Gasteiger partial charge in [-0.2, -0.15) is 11.8 Å². The van der Waals surface area contributed by atoms with Gasteiger partial charge in [0.15, 0.2) is 0 Å². The average Bonchev–Trinajstić information content (AvgIpc) is 2.75. The summed E-state index contributed by atoms with van der Waals surface area (Å²) < 4.78 is 26.5. The molecule has 0 bridgehead atoms. The lowest BCUT2D eigenvalue weighted by atomic mass is 10.4. The van der Waals surface area contributed by atoms with Gasteiger partial charge < -0.3 is 10.7 Å². The van der Waals surface area contributed by atoms with Crippen molar-refractivity contribution in [3.63, 3.8) is 0 Å². The van der Waals surface area contributed by atoms with Crippen LogP contribution in [0.25, 0.3) is 0 Å². The Morgan fingerprint density at radius 2 is 2.29 bits per heavy atom. The Labute approximate surface area is 107 Å². The Balaban J connectivity index is 2.68. The van der Waals surface area contributed by atoms with Gasteiger partial charge in [0.1, 0.15) is 0 Å². The van der Waals surface area contributed by atoms with Gasteiger partial charge in [-0.3, -0.25) is 0 Å². The number of aromatic amines is 1. The molecule has 4 N–H and O–H groups in total. The lowest BCUT2D eigenvalue weighted by Crippen LogP contribution is -2.34. The molecule has 0 spiro atoms. The van der Waals surface area contributed by atoms with Crippen LogP contribution in [0.15, 0.2) is 17.2 Å². The zero-order valence-electron chi connectivity index (χ0n) is 10.1. The average molecular weight is 277 g/mol. The number of nitrogens with two attached hydrogens (primary N) is 1. The molecule has 5 nitrogen and oxygen atoms in total. The van der Waals surface area contributed by atoms with E-state index in [2.05, 4.69) is 9.71 Å². The maximum atomic E-state index is 12.0. The Bertz CT molecular complexity index is 442. The van der Waals surface area contributed by atoms with Crippen molar-refractivity contribution in [2.24, 2.45) is 5.73 Å². The molecule has 0 amide bonds. The summed E-state index contributed by atoms with van der Waals surface area (Å²) in [6.07, 6.45) is 1.46. The van der Waals surface area contributed by atoms with E-state index in [4.69, 9.17) is 5.73 Å². The minimum atomic E-state index is -3.43. The third-order valence-corrected chi connectivity index (χ3v) is 4.89. The summed E-state index contributed by atoms with van der Waals surface area (Å²) in [6, 6.07) is 1.48. The Morgan fingerprint density at radius 3 is 2.82 bits per heavy atom. The van der Waals surface area contributed by atoms with E-state index in [0.717, 1.165) is 11.5 Å². The van der Waals surface area contributed by atoms with Gasteiger partial charge in [-0.1, -0.05) is 6.92 Å². The molecule has 1 aromatic rings. The summed E-state index contributed by atoms with van der Waals surface area (Å²) in [5.74, 6) is 1.75. The number of nitrogens with one attached hydrogen (secondary N) is 2. The molecular formula is C10H19N3O2S2. The summed E-state index contributed by atoms with van der Waals surface area (Å²) in [6.45, 7) is 4.21. The van der Waals surface area contributed by atoms with Crippen LogP contribution in [0.1, 0.15) is 19.5 Å². The zero-order chi connectivity index (χ0) is 12.9. The van der Waals surface area contributed by atoms with Gasteiger partial charge in [0.2, 0.25) is 10.0 Å². The van der Waals surface area contributed by atoms with Crippen LogP contribution in [-0.4, -0.2) is 30.9 Å². The van der Waals surface area contributed by atoms with Crippen molar-refractivity contribution in [2.45, 2.75) is 31.3 Å². The zero-order valence-corrected chi connectivity index (χ0v) is 11.7. The standard InChI is InChI=1S/C10H19N3O2S2/c1-3-16-7-8(2)13-17(14,15)10-4-9(5-11)12-6-10/h4,6,8,12-13H,3,5,7,11H2,1-2H3. The smallest absolute Gasteiger partial charge is 0.242 e. The first-order valence-corrected chi connectivity index (χ1v) is 8.10. The van der Waals surface area contributed by atoms with Gasteiger partial charge in [0.05, 0.1) is 4.90 Å². The summed E-state index contributed by atoms with van der Waals surface area (Å²) in [5, 5.41) is 0. The number of thioether (sulfide) groups is 1. The van der Waals surface area contributed by atoms with Crippen molar-refractivity contribution in [3.05, 3.63) is 18.0 Å². The molecule has 0 aliphatic rings. The fourth-order valence-electron chi connectivity index (χ4n) is 1.35. The van der Waals surface area contributed by atoms with Gasteiger partial charge >= 0.3 is 0 Å². The van der Waals surface area contributed by atoms with E-state index in [1.165, 1.54) is 6.20 Å². The number of hydrogen-bond acceptors (Lipinski definition) is 4. The van der Waals surface area contributed by atoms with Crippen molar-refractivity contribution >= 4 is 21.8 Å².